The third-order valence-corrected chi connectivity index (χ3v) is 3.91. The van der Waals surface area contributed by atoms with E-state index in [0.29, 0.717) is 25.0 Å². The molecular weight excluding hydrogens is 302 g/mol. The van der Waals surface area contributed by atoms with Crippen molar-refractivity contribution < 1.29 is 14.6 Å². The van der Waals surface area contributed by atoms with Crippen molar-refractivity contribution in [2.75, 3.05) is 6.61 Å². The zero-order valence-electron chi connectivity index (χ0n) is 13.5. The van der Waals surface area contributed by atoms with E-state index in [1.807, 2.05) is 48.5 Å². The first-order chi connectivity index (χ1) is 11.7. The Morgan fingerprint density at radius 2 is 1.92 bits per heavy atom. The lowest BCUT2D eigenvalue weighted by Gasteiger charge is -2.08. The number of hydrogen-bond acceptors (Lipinski definition) is 4. The highest BCUT2D eigenvalue weighted by Gasteiger charge is 2.10. The van der Waals surface area contributed by atoms with Crippen LogP contribution in [0.2, 0.25) is 0 Å². The number of aromatic hydroxyl groups is 1. The van der Waals surface area contributed by atoms with Crippen molar-refractivity contribution in [2.24, 2.45) is 0 Å². The number of carbonyl (C=O) groups excluding carboxylic acids is 1. The molecule has 0 fully saturated rings. The number of carbonyl (C=O) groups is 1. The summed E-state index contributed by atoms with van der Waals surface area (Å²) in [7, 11) is 0. The third-order valence-electron chi connectivity index (χ3n) is 3.91. The molecule has 4 heteroatoms. The van der Waals surface area contributed by atoms with Gasteiger partial charge in [-0.05, 0) is 47.4 Å². The first-order valence-electron chi connectivity index (χ1n) is 8.00. The van der Waals surface area contributed by atoms with Gasteiger partial charge < -0.3 is 9.84 Å². The van der Waals surface area contributed by atoms with E-state index in [-0.39, 0.29) is 11.8 Å². The van der Waals surface area contributed by atoms with Gasteiger partial charge in [-0.2, -0.15) is 0 Å². The molecule has 0 aliphatic carbocycles. The summed E-state index contributed by atoms with van der Waals surface area (Å²) >= 11 is 0. The van der Waals surface area contributed by atoms with Crippen LogP contribution in [-0.2, 0) is 16.0 Å². The van der Waals surface area contributed by atoms with Gasteiger partial charge in [-0.15, -0.1) is 0 Å². The lowest BCUT2D eigenvalue weighted by molar-refractivity contribution is -0.143. The number of aryl methyl sites for hydroxylation is 1. The second kappa shape index (κ2) is 7.13. The van der Waals surface area contributed by atoms with E-state index in [0.717, 1.165) is 21.9 Å². The van der Waals surface area contributed by atoms with Crippen molar-refractivity contribution in [1.82, 2.24) is 4.98 Å². The predicted octanol–water partition coefficient (Wildman–Crippen LogP) is 4.10. The summed E-state index contributed by atoms with van der Waals surface area (Å²) in [6.07, 6.45) is 2.43. The Balaban J connectivity index is 1.88. The highest BCUT2D eigenvalue weighted by Crippen LogP contribution is 2.30. The smallest absolute Gasteiger partial charge is 0.306 e. The average molecular weight is 321 g/mol. The molecular formula is C20H19NO3. The summed E-state index contributed by atoms with van der Waals surface area (Å²) in [4.78, 5) is 15.6. The summed E-state index contributed by atoms with van der Waals surface area (Å²) in [5.41, 5.74) is 2.46. The quantitative estimate of drug-likeness (QED) is 0.719. The molecule has 24 heavy (non-hydrogen) atoms. The Labute approximate surface area is 140 Å². The van der Waals surface area contributed by atoms with Crippen molar-refractivity contribution in [3.8, 4) is 17.0 Å². The number of nitrogens with zero attached hydrogens (tertiary/aromatic N) is 1. The highest BCUT2D eigenvalue weighted by molar-refractivity contribution is 5.88. The van der Waals surface area contributed by atoms with E-state index in [4.69, 9.17) is 4.74 Å². The van der Waals surface area contributed by atoms with Crippen LogP contribution in [0, 0.1) is 0 Å². The van der Waals surface area contributed by atoms with Gasteiger partial charge in [0.1, 0.15) is 0 Å². The molecule has 0 saturated carbocycles. The fraction of sp³-hybridized carbons (Fsp3) is 0.200. The Hall–Kier alpha value is -2.88. The van der Waals surface area contributed by atoms with E-state index in [1.54, 1.807) is 13.1 Å². The Bertz CT molecular complexity index is 874. The van der Waals surface area contributed by atoms with Crippen LogP contribution in [0.25, 0.3) is 21.9 Å². The standard InChI is InChI=1S/C20H19NO3/c1-2-24-19(22)10-7-14-11-18(20(23)21-13-14)17-9-8-15-5-3-4-6-16(15)12-17/h3-6,8-9,11-13H,2,7,10H2,1H3,(H,21,23). The Morgan fingerprint density at radius 3 is 2.71 bits per heavy atom. The zero-order chi connectivity index (χ0) is 16.9. The summed E-state index contributed by atoms with van der Waals surface area (Å²) in [6, 6.07) is 16.0. The molecule has 0 amide bonds. The van der Waals surface area contributed by atoms with Gasteiger partial charge in [-0.25, -0.2) is 4.98 Å². The number of rotatable bonds is 5. The minimum Gasteiger partial charge on any atom is -0.493 e. The van der Waals surface area contributed by atoms with Gasteiger partial charge >= 0.3 is 5.97 Å². The molecule has 0 atom stereocenters. The molecule has 4 nitrogen and oxygen atoms in total. The van der Waals surface area contributed by atoms with Gasteiger partial charge in [0.15, 0.2) is 0 Å². The van der Waals surface area contributed by atoms with Crippen LogP contribution in [0.15, 0.2) is 54.7 Å². The van der Waals surface area contributed by atoms with Gasteiger partial charge in [0.2, 0.25) is 5.88 Å². The molecule has 1 heterocycles. The molecule has 0 bridgehead atoms. The number of aromatic nitrogens is 1. The van der Waals surface area contributed by atoms with Gasteiger partial charge in [0, 0.05) is 18.2 Å². The lowest BCUT2D eigenvalue weighted by Crippen LogP contribution is -2.05. The van der Waals surface area contributed by atoms with Gasteiger partial charge in [-0.3, -0.25) is 4.79 Å². The van der Waals surface area contributed by atoms with Crippen molar-refractivity contribution >= 4 is 16.7 Å². The second-order valence-electron chi connectivity index (χ2n) is 5.58. The van der Waals surface area contributed by atoms with E-state index >= 15 is 0 Å². The van der Waals surface area contributed by atoms with E-state index < -0.39 is 0 Å². The second-order valence-corrected chi connectivity index (χ2v) is 5.58. The Kier molecular flexibility index (Phi) is 4.75. The molecule has 1 aromatic heterocycles. The number of fused-ring (bicyclic) bond motifs is 1. The minimum atomic E-state index is -0.224. The minimum absolute atomic E-state index is 0.00911. The molecule has 0 aliphatic rings. The SMILES string of the molecule is CCOC(=O)CCc1cnc(O)c(-c2ccc3ccccc3c2)c1. The monoisotopic (exact) mass is 321 g/mol. The number of ether oxygens (including phenoxy) is 1. The van der Waals surface area contributed by atoms with Crippen molar-refractivity contribution in [3.63, 3.8) is 0 Å². The fourth-order valence-corrected chi connectivity index (χ4v) is 2.69. The number of pyridine rings is 1. The molecule has 0 saturated heterocycles. The van der Waals surface area contributed by atoms with Crippen LogP contribution >= 0.6 is 0 Å². The topological polar surface area (TPSA) is 59.4 Å². The molecule has 3 aromatic rings. The molecule has 0 aliphatic heterocycles. The maximum absolute atomic E-state index is 11.5. The molecule has 0 unspecified atom stereocenters. The largest absolute Gasteiger partial charge is 0.493 e. The Morgan fingerprint density at radius 1 is 1.12 bits per heavy atom. The van der Waals surface area contributed by atoms with Crippen LogP contribution in [0.1, 0.15) is 18.9 Å². The predicted molar refractivity (Wildman–Crippen MR) is 93.8 cm³/mol. The van der Waals surface area contributed by atoms with E-state index in [1.165, 1.54) is 0 Å². The fourth-order valence-electron chi connectivity index (χ4n) is 2.69. The van der Waals surface area contributed by atoms with Crippen LogP contribution in [0.3, 0.4) is 0 Å². The van der Waals surface area contributed by atoms with Crippen LogP contribution in [0.5, 0.6) is 5.88 Å². The van der Waals surface area contributed by atoms with Gasteiger partial charge in [0.25, 0.3) is 0 Å². The van der Waals surface area contributed by atoms with Crippen LogP contribution in [0.4, 0.5) is 0 Å². The van der Waals surface area contributed by atoms with Crippen LogP contribution < -0.4 is 0 Å². The maximum Gasteiger partial charge on any atom is 0.306 e. The average Bonchev–Trinajstić information content (AvgIpc) is 2.61. The number of benzene rings is 2. The van der Waals surface area contributed by atoms with Crippen molar-refractivity contribution in [2.45, 2.75) is 19.8 Å². The first kappa shape index (κ1) is 16.0. The van der Waals surface area contributed by atoms with Crippen molar-refractivity contribution in [3.05, 3.63) is 60.3 Å². The summed E-state index contributed by atoms with van der Waals surface area (Å²) < 4.78 is 4.94. The molecule has 2 aromatic carbocycles. The van der Waals surface area contributed by atoms with Gasteiger partial charge in [0.05, 0.1) is 6.61 Å². The zero-order valence-corrected chi connectivity index (χ0v) is 13.5. The first-order valence-corrected chi connectivity index (χ1v) is 8.00. The van der Waals surface area contributed by atoms with Gasteiger partial charge in [-0.1, -0.05) is 36.4 Å². The summed E-state index contributed by atoms with van der Waals surface area (Å²) in [5, 5.41) is 12.4. The van der Waals surface area contributed by atoms with Crippen molar-refractivity contribution in [1.29, 1.82) is 0 Å². The highest BCUT2D eigenvalue weighted by atomic mass is 16.5. The summed E-state index contributed by atoms with van der Waals surface area (Å²) in [6.45, 7) is 2.17. The molecule has 0 spiro atoms. The number of hydrogen-bond donors (Lipinski definition) is 1. The van der Waals surface area contributed by atoms with E-state index in [9.17, 15) is 9.90 Å². The molecule has 0 radical (unpaired) electrons. The van der Waals surface area contributed by atoms with E-state index in [2.05, 4.69) is 4.98 Å². The molecule has 122 valence electrons. The normalized spacial score (nSPS) is 10.7. The van der Waals surface area contributed by atoms with Crippen LogP contribution in [-0.4, -0.2) is 22.7 Å². The lowest BCUT2D eigenvalue weighted by atomic mass is 10.00. The number of esters is 1. The summed E-state index contributed by atoms with van der Waals surface area (Å²) in [5.74, 6) is -0.233. The molecule has 1 N–H and O–H groups in total. The third kappa shape index (κ3) is 3.54. The molecule has 3 rings (SSSR count). The maximum atomic E-state index is 11.5.